The summed E-state index contributed by atoms with van der Waals surface area (Å²) < 4.78 is 31.4. The molecule has 102 valence electrons. The number of carbonyl (C=O) groups excluding carboxylic acids is 1. The molecule has 1 unspecified atom stereocenters. The Bertz CT molecular complexity index is 374. The third kappa shape index (κ3) is 5.42. The highest BCUT2D eigenvalue weighted by Crippen LogP contribution is 2.25. The average Bonchev–Trinajstić information content (AvgIpc) is 2.27. The van der Waals surface area contributed by atoms with Crippen LogP contribution in [-0.4, -0.2) is 25.0 Å². The fourth-order valence-electron chi connectivity index (χ4n) is 1.52. The molecule has 0 fully saturated rings. The molecule has 3 nitrogen and oxygen atoms in total. The van der Waals surface area contributed by atoms with Crippen LogP contribution in [0.3, 0.4) is 0 Å². The second-order valence-electron chi connectivity index (χ2n) is 3.85. The maximum absolute atomic E-state index is 13.6. The number of nitrogens with two attached hydrogens (primary N) is 1. The summed E-state index contributed by atoms with van der Waals surface area (Å²) in [6, 6.07) is 7.05. The standard InChI is InChI=1S/C12H15F2NO2.ClH/c1-17-11(16)10(15)8-12(13,14)7-9-5-3-2-4-6-9;/h2-6,10H,7-8,15H2,1H3;1H. The lowest BCUT2D eigenvalue weighted by Crippen LogP contribution is -2.38. The maximum atomic E-state index is 13.6. The summed E-state index contributed by atoms with van der Waals surface area (Å²) in [4.78, 5) is 11.0. The van der Waals surface area contributed by atoms with Crippen molar-refractivity contribution in [2.75, 3.05) is 7.11 Å². The number of alkyl halides is 2. The van der Waals surface area contributed by atoms with Crippen LogP contribution in [0.4, 0.5) is 8.78 Å². The first kappa shape index (κ1) is 16.8. The Morgan fingerprint density at radius 1 is 1.39 bits per heavy atom. The Balaban J connectivity index is 0.00000289. The SMILES string of the molecule is COC(=O)C(N)CC(F)(F)Cc1ccccc1.Cl. The Hall–Kier alpha value is -1.20. The highest BCUT2D eigenvalue weighted by atomic mass is 35.5. The Morgan fingerprint density at radius 2 is 1.94 bits per heavy atom. The van der Waals surface area contributed by atoms with Crippen LogP contribution >= 0.6 is 12.4 Å². The molecule has 0 spiro atoms. The molecule has 1 rings (SSSR count). The molecule has 0 saturated carbocycles. The highest BCUT2D eigenvalue weighted by molar-refractivity contribution is 5.85. The van der Waals surface area contributed by atoms with Gasteiger partial charge in [0.05, 0.1) is 7.11 Å². The van der Waals surface area contributed by atoms with E-state index in [0.29, 0.717) is 5.56 Å². The summed E-state index contributed by atoms with van der Waals surface area (Å²) in [6.45, 7) is 0. The van der Waals surface area contributed by atoms with Crippen molar-refractivity contribution in [2.24, 2.45) is 5.73 Å². The van der Waals surface area contributed by atoms with Crippen LogP contribution < -0.4 is 5.73 Å². The van der Waals surface area contributed by atoms with E-state index < -0.39 is 30.8 Å². The van der Waals surface area contributed by atoms with Crippen molar-refractivity contribution in [3.8, 4) is 0 Å². The Labute approximate surface area is 111 Å². The monoisotopic (exact) mass is 279 g/mol. The number of rotatable bonds is 5. The van der Waals surface area contributed by atoms with Crippen LogP contribution in [0, 0.1) is 0 Å². The lowest BCUT2D eigenvalue weighted by Gasteiger charge is -2.19. The largest absolute Gasteiger partial charge is 0.468 e. The third-order valence-corrected chi connectivity index (χ3v) is 2.33. The molecule has 0 heterocycles. The van der Waals surface area contributed by atoms with E-state index in [0.717, 1.165) is 7.11 Å². The number of carbonyl (C=O) groups is 1. The molecule has 6 heteroatoms. The third-order valence-electron chi connectivity index (χ3n) is 2.33. The molecule has 1 aromatic rings. The van der Waals surface area contributed by atoms with Crippen molar-refractivity contribution in [1.29, 1.82) is 0 Å². The molecule has 0 aromatic heterocycles. The van der Waals surface area contributed by atoms with Gasteiger partial charge in [-0.3, -0.25) is 4.79 Å². The first-order valence-electron chi connectivity index (χ1n) is 5.20. The lowest BCUT2D eigenvalue weighted by atomic mass is 10.0. The van der Waals surface area contributed by atoms with Gasteiger partial charge in [0.15, 0.2) is 0 Å². The van der Waals surface area contributed by atoms with Gasteiger partial charge in [-0.2, -0.15) is 0 Å². The second kappa shape index (κ2) is 7.28. The van der Waals surface area contributed by atoms with Crippen LogP contribution in [0.15, 0.2) is 30.3 Å². The molecule has 0 aliphatic carbocycles. The number of halogens is 3. The molecule has 0 saturated heterocycles. The van der Waals surface area contributed by atoms with Crippen LogP contribution in [0.5, 0.6) is 0 Å². The van der Waals surface area contributed by atoms with E-state index in [9.17, 15) is 13.6 Å². The Morgan fingerprint density at radius 3 is 2.44 bits per heavy atom. The van der Waals surface area contributed by atoms with Gasteiger partial charge < -0.3 is 10.5 Å². The van der Waals surface area contributed by atoms with Crippen molar-refractivity contribution in [2.45, 2.75) is 24.8 Å². The zero-order chi connectivity index (χ0) is 12.9. The molecular weight excluding hydrogens is 264 g/mol. The van der Waals surface area contributed by atoms with Gasteiger partial charge in [-0.1, -0.05) is 30.3 Å². The number of esters is 1. The van der Waals surface area contributed by atoms with E-state index >= 15 is 0 Å². The first-order chi connectivity index (χ1) is 7.94. The van der Waals surface area contributed by atoms with Crippen LogP contribution in [0.2, 0.25) is 0 Å². The number of benzene rings is 1. The van der Waals surface area contributed by atoms with Crippen LogP contribution in [-0.2, 0) is 16.0 Å². The minimum absolute atomic E-state index is 0. The Kier molecular flexibility index (Phi) is 6.80. The number of hydrogen-bond donors (Lipinski definition) is 1. The second-order valence-corrected chi connectivity index (χ2v) is 3.85. The number of hydrogen-bond acceptors (Lipinski definition) is 3. The van der Waals surface area contributed by atoms with Gasteiger partial charge in [0.1, 0.15) is 6.04 Å². The van der Waals surface area contributed by atoms with Gasteiger partial charge in [-0.05, 0) is 5.56 Å². The number of ether oxygens (including phenoxy) is 1. The smallest absolute Gasteiger partial charge is 0.322 e. The van der Waals surface area contributed by atoms with Gasteiger partial charge in [0, 0.05) is 12.8 Å². The average molecular weight is 280 g/mol. The maximum Gasteiger partial charge on any atom is 0.322 e. The first-order valence-corrected chi connectivity index (χ1v) is 5.20. The van der Waals surface area contributed by atoms with E-state index in [1.807, 2.05) is 0 Å². The van der Waals surface area contributed by atoms with E-state index in [1.54, 1.807) is 30.3 Å². The fraction of sp³-hybridized carbons (Fsp3) is 0.417. The molecular formula is C12H16ClF2NO2. The summed E-state index contributed by atoms with van der Waals surface area (Å²) in [5, 5.41) is 0. The van der Waals surface area contributed by atoms with E-state index in [2.05, 4.69) is 4.74 Å². The molecule has 0 aliphatic rings. The summed E-state index contributed by atoms with van der Waals surface area (Å²) in [7, 11) is 1.12. The van der Waals surface area contributed by atoms with Crippen molar-refractivity contribution in [3.63, 3.8) is 0 Å². The van der Waals surface area contributed by atoms with Crippen molar-refractivity contribution in [1.82, 2.24) is 0 Å². The zero-order valence-electron chi connectivity index (χ0n) is 9.94. The predicted octanol–water partition coefficient (Wildman–Crippen LogP) is 2.18. The van der Waals surface area contributed by atoms with E-state index in [-0.39, 0.29) is 12.4 Å². The summed E-state index contributed by atoms with van der Waals surface area (Å²) in [5.74, 6) is -3.84. The quantitative estimate of drug-likeness (QED) is 0.841. The van der Waals surface area contributed by atoms with Gasteiger partial charge >= 0.3 is 5.97 Å². The summed E-state index contributed by atoms with van der Waals surface area (Å²) in [5.41, 5.74) is 5.82. The molecule has 0 amide bonds. The van der Waals surface area contributed by atoms with Gasteiger partial charge in [-0.25, -0.2) is 8.78 Å². The van der Waals surface area contributed by atoms with Gasteiger partial charge in [0.2, 0.25) is 0 Å². The van der Waals surface area contributed by atoms with Crippen molar-refractivity contribution >= 4 is 18.4 Å². The molecule has 2 N–H and O–H groups in total. The fourth-order valence-corrected chi connectivity index (χ4v) is 1.52. The highest BCUT2D eigenvalue weighted by Gasteiger charge is 2.34. The van der Waals surface area contributed by atoms with Gasteiger partial charge in [0.25, 0.3) is 5.92 Å². The lowest BCUT2D eigenvalue weighted by molar-refractivity contribution is -0.144. The topological polar surface area (TPSA) is 52.3 Å². The van der Waals surface area contributed by atoms with Crippen molar-refractivity contribution in [3.05, 3.63) is 35.9 Å². The minimum Gasteiger partial charge on any atom is -0.468 e. The van der Waals surface area contributed by atoms with E-state index in [4.69, 9.17) is 5.73 Å². The molecule has 0 aliphatic heterocycles. The normalized spacial score (nSPS) is 12.4. The molecule has 0 bridgehead atoms. The number of methoxy groups -OCH3 is 1. The predicted molar refractivity (Wildman–Crippen MR) is 66.9 cm³/mol. The summed E-state index contributed by atoms with van der Waals surface area (Å²) >= 11 is 0. The zero-order valence-corrected chi connectivity index (χ0v) is 10.8. The van der Waals surface area contributed by atoms with Crippen LogP contribution in [0.25, 0.3) is 0 Å². The molecule has 1 aromatic carbocycles. The molecule has 1 atom stereocenters. The minimum atomic E-state index is -3.02. The summed E-state index contributed by atoms with van der Waals surface area (Å²) in [6.07, 6.45) is -1.15. The van der Waals surface area contributed by atoms with Gasteiger partial charge in [-0.15, -0.1) is 12.4 Å². The molecule has 0 radical (unpaired) electrons. The molecule has 18 heavy (non-hydrogen) atoms. The van der Waals surface area contributed by atoms with Crippen LogP contribution in [0.1, 0.15) is 12.0 Å². The van der Waals surface area contributed by atoms with Crippen molar-refractivity contribution < 1.29 is 18.3 Å². The van der Waals surface area contributed by atoms with E-state index in [1.165, 1.54) is 0 Å².